The molecule has 1 amide bonds. The predicted molar refractivity (Wildman–Crippen MR) is 69.7 cm³/mol. The molecular formula is C11H13BrN4O. The van der Waals surface area contributed by atoms with Gasteiger partial charge in [0.15, 0.2) is 5.65 Å². The van der Waals surface area contributed by atoms with E-state index in [1.165, 1.54) is 0 Å². The average Bonchev–Trinajstić information content (AvgIpc) is 2.71. The molecule has 0 saturated heterocycles. The van der Waals surface area contributed by atoms with Crippen molar-refractivity contribution in [3.8, 4) is 0 Å². The monoisotopic (exact) mass is 296 g/mol. The minimum atomic E-state index is -0.0199. The Bertz CT molecular complexity index is 551. The SMILES string of the molecule is CCC(C)C(=O)Nc1[nH]nc2ncc(Br)cc12. The molecule has 5 nitrogen and oxygen atoms in total. The molecule has 0 bridgehead atoms. The molecule has 2 rings (SSSR count). The Morgan fingerprint density at radius 3 is 3.12 bits per heavy atom. The first-order chi connectivity index (χ1) is 8.11. The maximum absolute atomic E-state index is 11.8. The number of aromatic amines is 1. The fourth-order valence-corrected chi connectivity index (χ4v) is 1.73. The summed E-state index contributed by atoms with van der Waals surface area (Å²) in [6.45, 7) is 3.87. The Kier molecular flexibility index (Phi) is 3.42. The highest BCUT2D eigenvalue weighted by molar-refractivity contribution is 9.10. The van der Waals surface area contributed by atoms with Gasteiger partial charge in [-0.3, -0.25) is 9.89 Å². The van der Waals surface area contributed by atoms with E-state index in [1.54, 1.807) is 6.20 Å². The van der Waals surface area contributed by atoms with Crippen molar-refractivity contribution in [2.24, 2.45) is 5.92 Å². The van der Waals surface area contributed by atoms with Gasteiger partial charge < -0.3 is 5.32 Å². The molecular weight excluding hydrogens is 284 g/mol. The first kappa shape index (κ1) is 12.0. The number of amides is 1. The lowest BCUT2D eigenvalue weighted by atomic mass is 10.1. The highest BCUT2D eigenvalue weighted by atomic mass is 79.9. The molecule has 0 aliphatic carbocycles. The molecule has 2 N–H and O–H groups in total. The van der Waals surface area contributed by atoms with Crippen LogP contribution in [0.15, 0.2) is 16.7 Å². The minimum absolute atomic E-state index is 0.0157. The van der Waals surface area contributed by atoms with Crippen LogP contribution in [0.25, 0.3) is 11.0 Å². The number of fused-ring (bicyclic) bond motifs is 1. The van der Waals surface area contributed by atoms with Gasteiger partial charge in [-0.25, -0.2) is 4.98 Å². The van der Waals surface area contributed by atoms with Crippen molar-refractivity contribution in [2.75, 3.05) is 5.32 Å². The van der Waals surface area contributed by atoms with Crippen LogP contribution in [0.2, 0.25) is 0 Å². The first-order valence-electron chi connectivity index (χ1n) is 5.42. The quantitative estimate of drug-likeness (QED) is 0.915. The van der Waals surface area contributed by atoms with Gasteiger partial charge in [-0.05, 0) is 28.4 Å². The van der Waals surface area contributed by atoms with Crippen LogP contribution in [-0.4, -0.2) is 21.1 Å². The Morgan fingerprint density at radius 2 is 2.41 bits per heavy atom. The highest BCUT2D eigenvalue weighted by Gasteiger charge is 2.14. The fraction of sp³-hybridized carbons (Fsp3) is 0.364. The number of aromatic nitrogens is 3. The van der Waals surface area contributed by atoms with Crippen LogP contribution in [0.3, 0.4) is 0 Å². The second-order valence-electron chi connectivity index (χ2n) is 3.92. The van der Waals surface area contributed by atoms with E-state index in [0.717, 1.165) is 16.3 Å². The number of anilines is 1. The number of halogens is 1. The molecule has 0 radical (unpaired) electrons. The molecule has 0 aliphatic rings. The molecule has 0 aromatic carbocycles. The van der Waals surface area contributed by atoms with Crippen LogP contribution in [0, 0.1) is 5.92 Å². The molecule has 0 spiro atoms. The van der Waals surface area contributed by atoms with Crippen LogP contribution < -0.4 is 5.32 Å². The van der Waals surface area contributed by atoms with Crippen LogP contribution in [0.5, 0.6) is 0 Å². The molecule has 1 atom stereocenters. The molecule has 0 aliphatic heterocycles. The van der Waals surface area contributed by atoms with E-state index in [9.17, 15) is 4.79 Å². The Labute approximate surface area is 107 Å². The third-order valence-electron chi connectivity index (χ3n) is 2.68. The van der Waals surface area contributed by atoms with Crippen LogP contribution in [0.1, 0.15) is 20.3 Å². The van der Waals surface area contributed by atoms with Crippen molar-refractivity contribution in [3.05, 3.63) is 16.7 Å². The first-order valence-corrected chi connectivity index (χ1v) is 6.21. The lowest BCUT2D eigenvalue weighted by molar-refractivity contribution is -0.119. The molecule has 2 heterocycles. The summed E-state index contributed by atoms with van der Waals surface area (Å²) < 4.78 is 0.852. The summed E-state index contributed by atoms with van der Waals surface area (Å²) in [5.74, 6) is 0.561. The van der Waals surface area contributed by atoms with E-state index < -0.39 is 0 Å². The van der Waals surface area contributed by atoms with Crippen molar-refractivity contribution in [2.45, 2.75) is 20.3 Å². The Balaban J connectivity index is 2.30. The number of pyridine rings is 1. The molecule has 1 unspecified atom stereocenters. The summed E-state index contributed by atoms with van der Waals surface area (Å²) in [7, 11) is 0. The van der Waals surface area contributed by atoms with Gasteiger partial charge in [0.05, 0.1) is 5.39 Å². The Morgan fingerprint density at radius 1 is 1.65 bits per heavy atom. The number of nitrogens with one attached hydrogen (secondary N) is 2. The highest BCUT2D eigenvalue weighted by Crippen LogP contribution is 2.22. The Hall–Kier alpha value is -1.43. The summed E-state index contributed by atoms with van der Waals surface area (Å²) in [5.41, 5.74) is 0.590. The van der Waals surface area contributed by atoms with Gasteiger partial charge in [0.1, 0.15) is 5.82 Å². The van der Waals surface area contributed by atoms with Crippen molar-refractivity contribution in [1.82, 2.24) is 15.2 Å². The van der Waals surface area contributed by atoms with Gasteiger partial charge in [0.25, 0.3) is 0 Å². The van der Waals surface area contributed by atoms with E-state index in [-0.39, 0.29) is 11.8 Å². The molecule has 2 aromatic rings. The van der Waals surface area contributed by atoms with Crippen LogP contribution >= 0.6 is 15.9 Å². The van der Waals surface area contributed by atoms with Crippen LogP contribution in [-0.2, 0) is 4.79 Å². The summed E-state index contributed by atoms with van der Waals surface area (Å²) in [4.78, 5) is 15.9. The molecule has 90 valence electrons. The van der Waals surface area contributed by atoms with E-state index in [4.69, 9.17) is 0 Å². The van der Waals surface area contributed by atoms with Gasteiger partial charge >= 0.3 is 0 Å². The third-order valence-corrected chi connectivity index (χ3v) is 3.12. The second kappa shape index (κ2) is 4.83. The predicted octanol–water partition coefficient (Wildman–Crippen LogP) is 2.71. The maximum Gasteiger partial charge on any atom is 0.228 e. The summed E-state index contributed by atoms with van der Waals surface area (Å²) in [6.07, 6.45) is 2.48. The number of H-pyrrole nitrogens is 1. The van der Waals surface area contributed by atoms with E-state index in [2.05, 4.69) is 36.4 Å². The van der Waals surface area contributed by atoms with Gasteiger partial charge in [-0.1, -0.05) is 13.8 Å². The van der Waals surface area contributed by atoms with E-state index in [0.29, 0.717) is 11.5 Å². The number of carbonyl (C=O) groups is 1. The smallest absolute Gasteiger partial charge is 0.228 e. The molecule has 6 heteroatoms. The van der Waals surface area contributed by atoms with E-state index in [1.807, 2.05) is 19.9 Å². The number of rotatable bonds is 3. The topological polar surface area (TPSA) is 70.7 Å². The van der Waals surface area contributed by atoms with Crippen molar-refractivity contribution in [1.29, 1.82) is 0 Å². The van der Waals surface area contributed by atoms with Crippen molar-refractivity contribution >= 4 is 38.7 Å². The van der Waals surface area contributed by atoms with Gasteiger partial charge in [-0.2, -0.15) is 5.10 Å². The second-order valence-corrected chi connectivity index (χ2v) is 4.84. The normalized spacial score (nSPS) is 12.6. The average molecular weight is 297 g/mol. The zero-order valence-corrected chi connectivity index (χ0v) is 11.2. The summed E-state index contributed by atoms with van der Waals surface area (Å²) >= 11 is 3.34. The number of carbonyl (C=O) groups excluding carboxylic acids is 1. The molecule has 2 aromatic heterocycles. The van der Waals surface area contributed by atoms with Gasteiger partial charge in [-0.15, -0.1) is 0 Å². The van der Waals surface area contributed by atoms with Crippen molar-refractivity contribution in [3.63, 3.8) is 0 Å². The summed E-state index contributed by atoms with van der Waals surface area (Å²) in [5, 5.41) is 10.4. The molecule has 0 saturated carbocycles. The minimum Gasteiger partial charge on any atom is -0.310 e. The van der Waals surface area contributed by atoms with Gasteiger partial charge in [0, 0.05) is 16.6 Å². The zero-order valence-electron chi connectivity index (χ0n) is 9.62. The number of hydrogen-bond donors (Lipinski definition) is 2. The largest absolute Gasteiger partial charge is 0.310 e. The number of nitrogens with zero attached hydrogens (tertiary/aromatic N) is 2. The lowest BCUT2D eigenvalue weighted by Gasteiger charge is -2.08. The maximum atomic E-state index is 11.8. The number of hydrogen-bond acceptors (Lipinski definition) is 3. The standard InChI is InChI=1S/C11H13BrN4O/c1-3-6(2)11(17)14-10-8-4-7(12)5-13-9(8)15-16-10/h4-6H,3H2,1-2H3,(H2,13,14,15,16,17). The van der Waals surface area contributed by atoms with Gasteiger partial charge in [0.2, 0.25) is 5.91 Å². The van der Waals surface area contributed by atoms with Crippen LogP contribution in [0.4, 0.5) is 5.82 Å². The fourth-order valence-electron chi connectivity index (χ4n) is 1.40. The molecule has 17 heavy (non-hydrogen) atoms. The third kappa shape index (κ3) is 2.46. The zero-order chi connectivity index (χ0) is 12.4. The van der Waals surface area contributed by atoms with E-state index >= 15 is 0 Å². The summed E-state index contributed by atoms with van der Waals surface area (Å²) in [6, 6.07) is 1.87. The lowest BCUT2D eigenvalue weighted by Crippen LogP contribution is -2.19. The molecule has 0 fully saturated rings. The van der Waals surface area contributed by atoms with Crippen molar-refractivity contribution < 1.29 is 4.79 Å².